The van der Waals surface area contributed by atoms with E-state index in [0.29, 0.717) is 73.7 Å². The number of Topliss-reactive ketones (excluding diaryl/α,β-unsaturated/α-hetero) is 1. The molecule has 31 heavy (non-hydrogen) atoms. The van der Waals surface area contributed by atoms with Crippen molar-refractivity contribution in [3.63, 3.8) is 0 Å². The molecule has 0 atom stereocenters. The number of carbonyl (C=O) groups is 3. The number of imidazole rings is 1. The van der Waals surface area contributed by atoms with Gasteiger partial charge in [-0.05, 0) is 19.9 Å². The van der Waals surface area contributed by atoms with E-state index in [4.69, 9.17) is 9.47 Å². The van der Waals surface area contributed by atoms with Gasteiger partial charge in [-0.3, -0.25) is 19.3 Å². The highest BCUT2D eigenvalue weighted by molar-refractivity contribution is 6.05. The molecule has 10 nitrogen and oxygen atoms in total. The third-order valence-corrected chi connectivity index (χ3v) is 5.30. The SMILES string of the molecule is CC(=O)c1cc2c(cc1NC(=O)CN1CCN(C(=O)c3cnc(C)[nH]3)CC1)OCCO2. The molecular formula is C21H25N5O5. The van der Waals surface area contributed by atoms with Gasteiger partial charge in [-0.2, -0.15) is 0 Å². The number of H-pyrrole nitrogens is 1. The fourth-order valence-electron chi connectivity index (χ4n) is 3.69. The second kappa shape index (κ2) is 8.76. The maximum Gasteiger partial charge on any atom is 0.272 e. The van der Waals surface area contributed by atoms with Gasteiger partial charge in [-0.25, -0.2) is 4.98 Å². The molecule has 1 fully saturated rings. The first kappa shape index (κ1) is 20.9. The third kappa shape index (κ3) is 4.69. The monoisotopic (exact) mass is 427 g/mol. The zero-order chi connectivity index (χ0) is 22.0. The summed E-state index contributed by atoms with van der Waals surface area (Å²) >= 11 is 0. The van der Waals surface area contributed by atoms with Crippen LogP contribution >= 0.6 is 0 Å². The number of aromatic amines is 1. The molecule has 0 saturated carbocycles. The van der Waals surface area contributed by atoms with Gasteiger partial charge in [0.2, 0.25) is 5.91 Å². The van der Waals surface area contributed by atoms with E-state index < -0.39 is 0 Å². The van der Waals surface area contributed by atoms with E-state index in [-0.39, 0.29) is 24.1 Å². The van der Waals surface area contributed by atoms with Crippen LogP contribution in [0.2, 0.25) is 0 Å². The standard InChI is InChI=1S/C21H25N5O5/c1-13(27)15-9-18-19(31-8-7-30-18)10-16(15)24-20(28)12-25-3-5-26(6-4-25)21(29)17-11-22-14(2)23-17/h9-11H,3-8,12H2,1-2H3,(H,22,23)(H,24,28). The predicted molar refractivity (Wildman–Crippen MR) is 112 cm³/mol. The van der Waals surface area contributed by atoms with Gasteiger partial charge >= 0.3 is 0 Å². The summed E-state index contributed by atoms with van der Waals surface area (Å²) in [6.07, 6.45) is 1.54. The summed E-state index contributed by atoms with van der Waals surface area (Å²) in [5, 5.41) is 2.82. The number of nitrogens with one attached hydrogen (secondary N) is 2. The van der Waals surface area contributed by atoms with Crippen molar-refractivity contribution in [2.24, 2.45) is 0 Å². The van der Waals surface area contributed by atoms with Crippen molar-refractivity contribution in [3.8, 4) is 11.5 Å². The summed E-state index contributed by atoms with van der Waals surface area (Å²) in [5.74, 6) is 1.21. The first-order valence-corrected chi connectivity index (χ1v) is 10.2. The molecule has 0 unspecified atom stereocenters. The Morgan fingerprint density at radius 2 is 1.77 bits per heavy atom. The number of amides is 2. The highest BCUT2D eigenvalue weighted by Crippen LogP contribution is 2.35. The number of hydrogen-bond acceptors (Lipinski definition) is 7. The first-order chi connectivity index (χ1) is 14.9. The highest BCUT2D eigenvalue weighted by atomic mass is 16.6. The fraction of sp³-hybridized carbons (Fsp3) is 0.429. The van der Waals surface area contributed by atoms with Gasteiger partial charge in [0.15, 0.2) is 17.3 Å². The van der Waals surface area contributed by atoms with Gasteiger partial charge in [0.05, 0.1) is 18.4 Å². The summed E-state index contributed by atoms with van der Waals surface area (Å²) in [6, 6.07) is 3.24. The molecule has 3 heterocycles. The number of ether oxygens (including phenoxy) is 2. The molecule has 2 amide bonds. The normalized spacial score (nSPS) is 16.1. The summed E-state index contributed by atoms with van der Waals surface area (Å²) in [4.78, 5) is 47.9. The first-order valence-electron chi connectivity index (χ1n) is 10.2. The summed E-state index contributed by atoms with van der Waals surface area (Å²) in [5.41, 5.74) is 1.26. The van der Waals surface area contributed by atoms with Gasteiger partial charge in [-0.15, -0.1) is 0 Å². The van der Waals surface area contributed by atoms with Crippen molar-refractivity contribution in [2.75, 3.05) is 51.3 Å². The molecule has 1 saturated heterocycles. The van der Waals surface area contributed by atoms with Crippen LogP contribution in [0.1, 0.15) is 33.6 Å². The van der Waals surface area contributed by atoms with Crippen LogP contribution in [0.5, 0.6) is 11.5 Å². The van der Waals surface area contributed by atoms with Crippen molar-refractivity contribution < 1.29 is 23.9 Å². The molecule has 10 heteroatoms. The average molecular weight is 427 g/mol. The molecule has 2 N–H and O–H groups in total. The van der Waals surface area contributed by atoms with E-state index in [0.717, 1.165) is 0 Å². The average Bonchev–Trinajstić information content (AvgIpc) is 3.19. The zero-order valence-electron chi connectivity index (χ0n) is 17.6. The topological polar surface area (TPSA) is 117 Å². The fourth-order valence-corrected chi connectivity index (χ4v) is 3.69. The Balaban J connectivity index is 1.34. The molecular weight excluding hydrogens is 402 g/mol. The van der Waals surface area contributed by atoms with Crippen LogP contribution in [0.4, 0.5) is 5.69 Å². The second-order valence-electron chi connectivity index (χ2n) is 7.60. The number of benzene rings is 1. The Hall–Kier alpha value is -3.40. The van der Waals surface area contributed by atoms with E-state index in [1.54, 1.807) is 24.0 Å². The number of ketones is 1. The number of hydrogen-bond donors (Lipinski definition) is 2. The van der Waals surface area contributed by atoms with Crippen LogP contribution in [0, 0.1) is 6.92 Å². The lowest BCUT2D eigenvalue weighted by atomic mass is 10.1. The zero-order valence-corrected chi connectivity index (χ0v) is 17.6. The Morgan fingerprint density at radius 3 is 2.39 bits per heavy atom. The predicted octanol–water partition coefficient (Wildman–Crippen LogP) is 1.09. The van der Waals surface area contributed by atoms with Crippen LogP contribution in [0.3, 0.4) is 0 Å². The van der Waals surface area contributed by atoms with Crippen LogP contribution in [-0.4, -0.2) is 83.3 Å². The molecule has 0 radical (unpaired) electrons. The van der Waals surface area contributed by atoms with Crippen molar-refractivity contribution in [3.05, 3.63) is 35.4 Å². The quantitative estimate of drug-likeness (QED) is 0.686. The molecule has 4 rings (SSSR count). The van der Waals surface area contributed by atoms with Crippen molar-refractivity contribution in [1.82, 2.24) is 19.8 Å². The summed E-state index contributed by atoms with van der Waals surface area (Å²) < 4.78 is 11.1. The second-order valence-corrected chi connectivity index (χ2v) is 7.60. The lowest BCUT2D eigenvalue weighted by Gasteiger charge is -2.34. The van der Waals surface area contributed by atoms with E-state index in [1.165, 1.54) is 13.1 Å². The highest BCUT2D eigenvalue weighted by Gasteiger charge is 2.25. The molecule has 164 valence electrons. The smallest absolute Gasteiger partial charge is 0.272 e. The Kier molecular flexibility index (Phi) is 5.90. The summed E-state index contributed by atoms with van der Waals surface area (Å²) in [7, 11) is 0. The molecule has 2 aromatic rings. The molecule has 2 aliphatic rings. The van der Waals surface area contributed by atoms with Crippen LogP contribution < -0.4 is 14.8 Å². The van der Waals surface area contributed by atoms with E-state index in [2.05, 4.69) is 15.3 Å². The number of fused-ring (bicyclic) bond motifs is 1. The number of rotatable bonds is 5. The Bertz CT molecular complexity index is 1010. The minimum absolute atomic E-state index is 0.0907. The molecule has 0 aliphatic carbocycles. The van der Waals surface area contributed by atoms with Gasteiger partial charge in [0, 0.05) is 37.8 Å². The van der Waals surface area contributed by atoms with Crippen molar-refractivity contribution in [1.29, 1.82) is 0 Å². The maximum absolute atomic E-state index is 12.6. The minimum atomic E-state index is -0.233. The lowest BCUT2D eigenvalue weighted by molar-refractivity contribution is -0.117. The number of anilines is 1. The molecule has 1 aromatic carbocycles. The van der Waals surface area contributed by atoms with Gasteiger partial charge < -0.3 is 24.7 Å². The molecule has 2 aliphatic heterocycles. The number of aryl methyl sites for hydroxylation is 1. The maximum atomic E-state index is 12.6. The third-order valence-electron chi connectivity index (χ3n) is 5.30. The van der Waals surface area contributed by atoms with Crippen molar-refractivity contribution >= 4 is 23.3 Å². The van der Waals surface area contributed by atoms with E-state index >= 15 is 0 Å². The lowest BCUT2D eigenvalue weighted by Crippen LogP contribution is -2.50. The number of nitrogens with zero attached hydrogens (tertiary/aromatic N) is 3. The van der Waals surface area contributed by atoms with Crippen molar-refractivity contribution in [2.45, 2.75) is 13.8 Å². The Labute approximate surface area is 179 Å². The number of aromatic nitrogens is 2. The molecule has 0 bridgehead atoms. The van der Waals surface area contributed by atoms with Gasteiger partial charge in [0.1, 0.15) is 24.7 Å². The molecule has 0 spiro atoms. The van der Waals surface area contributed by atoms with Crippen LogP contribution in [-0.2, 0) is 4.79 Å². The van der Waals surface area contributed by atoms with Crippen LogP contribution in [0.25, 0.3) is 0 Å². The van der Waals surface area contributed by atoms with E-state index in [9.17, 15) is 14.4 Å². The van der Waals surface area contributed by atoms with Crippen LogP contribution in [0.15, 0.2) is 18.3 Å². The molecule has 1 aromatic heterocycles. The minimum Gasteiger partial charge on any atom is -0.486 e. The largest absolute Gasteiger partial charge is 0.486 e. The number of carbonyl (C=O) groups excluding carboxylic acids is 3. The number of piperazine rings is 1. The van der Waals surface area contributed by atoms with E-state index in [1.807, 2.05) is 4.90 Å². The van der Waals surface area contributed by atoms with Gasteiger partial charge in [0.25, 0.3) is 5.91 Å². The summed E-state index contributed by atoms with van der Waals surface area (Å²) in [6.45, 7) is 6.44. The van der Waals surface area contributed by atoms with Gasteiger partial charge in [-0.1, -0.05) is 0 Å². The Morgan fingerprint density at radius 1 is 1.10 bits per heavy atom.